The molecule has 7 heteroatoms. The maximum atomic E-state index is 12.3. The van der Waals surface area contributed by atoms with Gasteiger partial charge in [-0.05, 0) is 37.3 Å². The molecular formula is C14H16N2O4S. The number of benzene rings is 1. The Kier molecular flexibility index (Phi) is 4.77. The predicted octanol–water partition coefficient (Wildman–Crippen LogP) is 1.77. The highest BCUT2D eigenvalue weighted by Gasteiger charge is 2.16. The van der Waals surface area contributed by atoms with E-state index in [9.17, 15) is 13.5 Å². The van der Waals surface area contributed by atoms with Gasteiger partial charge in [0, 0.05) is 18.0 Å². The fourth-order valence-electron chi connectivity index (χ4n) is 1.78. The van der Waals surface area contributed by atoms with E-state index in [1.54, 1.807) is 12.1 Å². The molecule has 0 saturated carbocycles. The summed E-state index contributed by atoms with van der Waals surface area (Å²) in [6, 6.07) is 7.48. The summed E-state index contributed by atoms with van der Waals surface area (Å²) in [5, 5.41) is 9.32. The third-order valence-corrected chi connectivity index (χ3v) is 4.12. The number of hydrogen-bond donors (Lipinski definition) is 2. The smallest absolute Gasteiger partial charge is 0.261 e. The summed E-state index contributed by atoms with van der Waals surface area (Å²) in [7, 11) is -3.72. The second-order valence-corrected chi connectivity index (χ2v) is 5.88. The Labute approximate surface area is 123 Å². The van der Waals surface area contributed by atoms with Crippen molar-refractivity contribution in [3.05, 3.63) is 48.3 Å². The van der Waals surface area contributed by atoms with Crippen LogP contribution in [0.2, 0.25) is 0 Å². The van der Waals surface area contributed by atoms with E-state index in [-0.39, 0.29) is 11.5 Å². The average molecular weight is 308 g/mol. The van der Waals surface area contributed by atoms with Crippen LogP contribution in [0.25, 0.3) is 0 Å². The summed E-state index contributed by atoms with van der Waals surface area (Å²) in [5.74, 6) is 0.475. The first-order valence-electron chi connectivity index (χ1n) is 6.36. The zero-order chi connectivity index (χ0) is 15.3. The van der Waals surface area contributed by atoms with Gasteiger partial charge in [0.1, 0.15) is 5.75 Å². The van der Waals surface area contributed by atoms with Crippen molar-refractivity contribution >= 4 is 15.7 Å². The number of hydrogen-bond acceptors (Lipinski definition) is 5. The van der Waals surface area contributed by atoms with Gasteiger partial charge in [-0.1, -0.05) is 0 Å². The van der Waals surface area contributed by atoms with Gasteiger partial charge in [-0.3, -0.25) is 9.71 Å². The molecule has 0 aliphatic rings. The number of anilines is 1. The van der Waals surface area contributed by atoms with Crippen LogP contribution >= 0.6 is 0 Å². The molecule has 6 nitrogen and oxygen atoms in total. The molecule has 0 bridgehead atoms. The number of ether oxygens (including phenoxy) is 1. The summed E-state index contributed by atoms with van der Waals surface area (Å²) in [6.45, 7) is 1.96. The normalized spacial score (nSPS) is 11.1. The molecule has 0 saturated heterocycles. The maximum Gasteiger partial charge on any atom is 0.261 e. The van der Waals surface area contributed by atoms with E-state index in [2.05, 4.69) is 9.71 Å². The fraction of sp³-hybridized carbons (Fsp3) is 0.214. The van der Waals surface area contributed by atoms with Crippen LogP contribution < -0.4 is 9.46 Å². The molecule has 112 valence electrons. The van der Waals surface area contributed by atoms with E-state index in [0.717, 1.165) is 0 Å². The van der Waals surface area contributed by atoms with Crippen molar-refractivity contribution in [2.75, 3.05) is 11.3 Å². The Bertz CT molecular complexity index is 702. The first kappa shape index (κ1) is 15.3. The van der Waals surface area contributed by atoms with Crippen LogP contribution in [0.1, 0.15) is 12.5 Å². The lowest BCUT2D eigenvalue weighted by Crippen LogP contribution is -2.13. The molecule has 0 unspecified atom stereocenters. The van der Waals surface area contributed by atoms with Crippen LogP contribution in [0.4, 0.5) is 5.69 Å². The van der Waals surface area contributed by atoms with Crippen LogP contribution in [-0.4, -0.2) is 25.1 Å². The molecule has 0 radical (unpaired) electrons. The van der Waals surface area contributed by atoms with Gasteiger partial charge in [0.05, 0.1) is 23.8 Å². The quantitative estimate of drug-likeness (QED) is 0.849. The molecular weight excluding hydrogens is 292 g/mol. The standard InChI is InChI=1S/C14H16N2O4S/c1-2-20-14-4-3-13(9-11(14)10-17)21(18,19)16-12-5-7-15-8-6-12/h3-9,17H,2,10H2,1H3,(H,15,16). The average Bonchev–Trinajstić information content (AvgIpc) is 2.48. The van der Waals surface area contributed by atoms with Crippen LogP contribution in [0.3, 0.4) is 0 Å². The minimum absolute atomic E-state index is 0.0619. The van der Waals surface area contributed by atoms with Crippen molar-refractivity contribution in [1.82, 2.24) is 4.98 Å². The second kappa shape index (κ2) is 6.55. The first-order valence-corrected chi connectivity index (χ1v) is 7.84. The monoisotopic (exact) mass is 308 g/mol. The number of nitrogens with one attached hydrogen (secondary N) is 1. The van der Waals surface area contributed by atoms with Crippen LogP contribution in [0, 0.1) is 0 Å². The highest BCUT2D eigenvalue weighted by atomic mass is 32.2. The Morgan fingerprint density at radius 2 is 1.95 bits per heavy atom. The molecule has 1 heterocycles. The molecule has 0 spiro atoms. The molecule has 0 aliphatic carbocycles. The van der Waals surface area contributed by atoms with Gasteiger partial charge >= 0.3 is 0 Å². The third kappa shape index (κ3) is 3.71. The van der Waals surface area contributed by atoms with Crippen molar-refractivity contribution in [1.29, 1.82) is 0 Å². The highest BCUT2D eigenvalue weighted by Crippen LogP contribution is 2.24. The van der Waals surface area contributed by atoms with Gasteiger partial charge in [-0.2, -0.15) is 0 Å². The summed E-state index contributed by atoms with van der Waals surface area (Å²) in [5.41, 5.74) is 0.846. The fourth-order valence-corrected chi connectivity index (χ4v) is 2.89. The van der Waals surface area contributed by atoms with Crippen molar-refractivity contribution < 1.29 is 18.3 Å². The molecule has 0 atom stereocenters. The number of pyridine rings is 1. The molecule has 0 fully saturated rings. The molecule has 0 aliphatic heterocycles. The van der Waals surface area contributed by atoms with E-state index in [4.69, 9.17) is 4.74 Å². The zero-order valence-electron chi connectivity index (χ0n) is 11.5. The van der Waals surface area contributed by atoms with Crippen molar-refractivity contribution in [2.45, 2.75) is 18.4 Å². The molecule has 2 aromatic rings. The van der Waals surface area contributed by atoms with Gasteiger partial charge in [-0.15, -0.1) is 0 Å². The number of aromatic nitrogens is 1. The molecule has 1 aromatic carbocycles. The summed E-state index contributed by atoms with van der Waals surface area (Å²) in [6.07, 6.45) is 2.99. The number of sulfonamides is 1. The Morgan fingerprint density at radius 1 is 1.24 bits per heavy atom. The topological polar surface area (TPSA) is 88.5 Å². The Morgan fingerprint density at radius 3 is 2.57 bits per heavy atom. The summed E-state index contributed by atoms with van der Waals surface area (Å²) < 4.78 is 32.3. The van der Waals surface area contributed by atoms with Crippen LogP contribution in [0.15, 0.2) is 47.6 Å². The van der Waals surface area contributed by atoms with Gasteiger partial charge in [0.2, 0.25) is 0 Å². The lowest BCUT2D eigenvalue weighted by atomic mass is 10.2. The maximum absolute atomic E-state index is 12.3. The van der Waals surface area contributed by atoms with E-state index in [1.807, 2.05) is 6.92 Å². The first-order chi connectivity index (χ1) is 10.1. The highest BCUT2D eigenvalue weighted by molar-refractivity contribution is 7.92. The minimum Gasteiger partial charge on any atom is -0.494 e. The number of aliphatic hydroxyl groups is 1. The molecule has 0 amide bonds. The zero-order valence-corrected chi connectivity index (χ0v) is 12.3. The Hall–Kier alpha value is -2.12. The van der Waals surface area contributed by atoms with E-state index < -0.39 is 10.0 Å². The van der Waals surface area contributed by atoms with Crippen molar-refractivity contribution in [3.63, 3.8) is 0 Å². The summed E-state index contributed by atoms with van der Waals surface area (Å²) in [4.78, 5) is 3.89. The van der Waals surface area contributed by atoms with E-state index >= 15 is 0 Å². The van der Waals surface area contributed by atoms with E-state index in [0.29, 0.717) is 23.6 Å². The minimum atomic E-state index is -3.72. The molecule has 1 aromatic heterocycles. The van der Waals surface area contributed by atoms with Crippen LogP contribution in [0.5, 0.6) is 5.75 Å². The molecule has 2 N–H and O–H groups in total. The Balaban J connectivity index is 2.32. The lowest BCUT2D eigenvalue weighted by molar-refractivity contribution is 0.266. The van der Waals surface area contributed by atoms with Crippen molar-refractivity contribution in [2.24, 2.45) is 0 Å². The number of nitrogens with zero attached hydrogens (tertiary/aromatic N) is 1. The number of rotatable bonds is 6. The van der Waals surface area contributed by atoms with Gasteiger partial charge in [-0.25, -0.2) is 8.42 Å². The SMILES string of the molecule is CCOc1ccc(S(=O)(=O)Nc2ccncc2)cc1CO. The van der Waals surface area contributed by atoms with Gasteiger partial charge < -0.3 is 9.84 Å². The van der Waals surface area contributed by atoms with Gasteiger partial charge in [0.25, 0.3) is 10.0 Å². The third-order valence-electron chi connectivity index (χ3n) is 2.74. The second-order valence-electron chi connectivity index (χ2n) is 4.20. The summed E-state index contributed by atoms with van der Waals surface area (Å²) >= 11 is 0. The number of aliphatic hydroxyl groups excluding tert-OH is 1. The van der Waals surface area contributed by atoms with Gasteiger partial charge in [0.15, 0.2) is 0 Å². The predicted molar refractivity (Wildman–Crippen MR) is 78.6 cm³/mol. The largest absolute Gasteiger partial charge is 0.494 e. The van der Waals surface area contributed by atoms with Crippen LogP contribution in [-0.2, 0) is 16.6 Å². The van der Waals surface area contributed by atoms with Crippen molar-refractivity contribution in [3.8, 4) is 5.75 Å². The molecule has 21 heavy (non-hydrogen) atoms. The molecule has 2 rings (SSSR count). The lowest BCUT2D eigenvalue weighted by Gasteiger charge is -2.12. The van der Waals surface area contributed by atoms with E-state index in [1.165, 1.54) is 30.6 Å².